The van der Waals surface area contributed by atoms with Crippen molar-refractivity contribution in [1.82, 2.24) is 28.7 Å². The van der Waals surface area contributed by atoms with Gasteiger partial charge in [-0.1, -0.05) is 11.1 Å². The van der Waals surface area contributed by atoms with Gasteiger partial charge >= 0.3 is 5.69 Å². The standard InChI is InChI=1S/C22H26N8O3/c1-3-4-9-29-18-19(25-21(29)28-8-5-6-16(23)13-28)26(2)22(32)30(20(18)31)14-27-10-7-17-15(12-27)11-24-33-17/h7,10-11,16H,5-6,8-9,12-14,23H2,1-2H3. The van der Waals surface area contributed by atoms with Crippen molar-refractivity contribution < 1.29 is 4.52 Å². The summed E-state index contributed by atoms with van der Waals surface area (Å²) in [6.45, 7) is 4.07. The summed E-state index contributed by atoms with van der Waals surface area (Å²) >= 11 is 0. The lowest BCUT2D eigenvalue weighted by molar-refractivity contribution is 0.279. The van der Waals surface area contributed by atoms with E-state index >= 15 is 0 Å². The third-order valence-electron chi connectivity index (χ3n) is 6.18. The van der Waals surface area contributed by atoms with Gasteiger partial charge in [0.05, 0.1) is 12.7 Å². The van der Waals surface area contributed by atoms with Crippen molar-refractivity contribution in [2.24, 2.45) is 12.8 Å². The number of rotatable bonds is 4. The Morgan fingerprint density at radius 1 is 1.30 bits per heavy atom. The average Bonchev–Trinajstić information content (AvgIpc) is 3.43. The van der Waals surface area contributed by atoms with Crippen molar-refractivity contribution >= 4 is 23.2 Å². The Balaban J connectivity index is 1.62. The highest BCUT2D eigenvalue weighted by Crippen LogP contribution is 2.23. The molecule has 0 aromatic carbocycles. The fourth-order valence-electron chi connectivity index (χ4n) is 4.47. The van der Waals surface area contributed by atoms with Crippen LogP contribution in [0.3, 0.4) is 0 Å². The molecule has 11 heteroatoms. The first-order valence-corrected chi connectivity index (χ1v) is 10.9. The van der Waals surface area contributed by atoms with Crippen LogP contribution in [0.25, 0.3) is 17.2 Å². The van der Waals surface area contributed by atoms with Crippen LogP contribution >= 0.6 is 0 Å². The summed E-state index contributed by atoms with van der Waals surface area (Å²) in [7, 11) is 1.64. The molecule has 5 heterocycles. The third kappa shape index (κ3) is 3.62. The molecule has 1 unspecified atom stereocenters. The predicted octanol–water partition coefficient (Wildman–Crippen LogP) is 0.280. The van der Waals surface area contributed by atoms with Crippen LogP contribution in [0.2, 0.25) is 0 Å². The van der Waals surface area contributed by atoms with E-state index in [1.165, 1.54) is 9.13 Å². The van der Waals surface area contributed by atoms with Crippen molar-refractivity contribution in [3.63, 3.8) is 0 Å². The molecule has 1 fully saturated rings. The minimum absolute atomic E-state index is 0.0398. The van der Waals surface area contributed by atoms with E-state index in [1.807, 2.05) is 9.47 Å². The van der Waals surface area contributed by atoms with Gasteiger partial charge in [0.1, 0.15) is 6.67 Å². The minimum Gasteiger partial charge on any atom is -0.357 e. The fourth-order valence-corrected chi connectivity index (χ4v) is 4.47. The predicted molar refractivity (Wildman–Crippen MR) is 123 cm³/mol. The molecule has 2 aliphatic heterocycles. The number of nitrogens with two attached hydrogens (primary N) is 1. The molecular formula is C22H26N8O3. The summed E-state index contributed by atoms with van der Waals surface area (Å²) in [5.41, 5.74) is 6.99. The SMILES string of the molecule is CC#CCn1c(N2CCCC(N)C2)nc2c1c(=O)n(CN1C=Cc3oncc3C1)c(=O)n2C. The summed E-state index contributed by atoms with van der Waals surface area (Å²) < 4.78 is 9.64. The molecule has 5 rings (SSSR count). The normalized spacial score (nSPS) is 17.8. The Labute approximate surface area is 189 Å². The van der Waals surface area contributed by atoms with Gasteiger partial charge in [0.25, 0.3) is 5.56 Å². The number of imidazole rings is 1. The summed E-state index contributed by atoms with van der Waals surface area (Å²) in [6.07, 6.45) is 7.11. The highest BCUT2D eigenvalue weighted by molar-refractivity contribution is 5.75. The molecule has 1 saturated heterocycles. The first-order valence-electron chi connectivity index (χ1n) is 10.9. The van der Waals surface area contributed by atoms with Crippen LogP contribution in [0.5, 0.6) is 0 Å². The number of aromatic nitrogens is 5. The summed E-state index contributed by atoms with van der Waals surface area (Å²) in [6, 6.07) is 0.0398. The molecule has 0 spiro atoms. The van der Waals surface area contributed by atoms with Gasteiger partial charge in [-0.15, -0.1) is 5.92 Å². The zero-order valence-electron chi connectivity index (χ0n) is 18.7. The second kappa shape index (κ2) is 8.29. The zero-order chi connectivity index (χ0) is 23.1. The smallest absolute Gasteiger partial charge is 0.333 e. The van der Waals surface area contributed by atoms with Crippen molar-refractivity contribution in [3.8, 4) is 11.8 Å². The molecule has 3 aromatic rings. The van der Waals surface area contributed by atoms with Crippen LogP contribution in [-0.4, -0.2) is 47.9 Å². The molecule has 0 bridgehead atoms. The van der Waals surface area contributed by atoms with Crippen LogP contribution in [-0.2, 0) is 26.8 Å². The lowest BCUT2D eigenvalue weighted by Crippen LogP contribution is -2.44. The van der Waals surface area contributed by atoms with Gasteiger partial charge in [-0.2, -0.15) is 4.98 Å². The Morgan fingerprint density at radius 2 is 2.15 bits per heavy atom. The van der Waals surface area contributed by atoms with Crippen LogP contribution in [0, 0.1) is 11.8 Å². The number of hydrogen-bond acceptors (Lipinski definition) is 8. The summed E-state index contributed by atoms with van der Waals surface area (Å²) in [5.74, 6) is 7.24. The van der Waals surface area contributed by atoms with Gasteiger partial charge < -0.3 is 20.1 Å². The van der Waals surface area contributed by atoms with E-state index in [0.29, 0.717) is 42.5 Å². The van der Waals surface area contributed by atoms with Gasteiger partial charge in [0, 0.05) is 44.5 Å². The number of anilines is 1. The monoisotopic (exact) mass is 450 g/mol. The quantitative estimate of drug-likeness (QED) is 0.563. The lowest BCUT2D eigenvalue weighted by Gasteiger charge is -2.31. The van der Waals surface area contributed by atoms with E-state index in [0.717, 1.165) is 24.9 Å². The summed E-state index contributed by atoms with van der Waals surface area (Å²) in [5, 5.41) is 3.80. The molecule has 172 valence electrons. The Kier molecular flexibility index (Phi) is 5.30. The molecular weight excluding hydrogens is 424 g/mol. The molecule has 33 heavy (non-hydrogen) atoms. The van der Waals surface area contributed by atoms with E-state index in [2.05, 4.69) is 21.9 Å². The first kappa shape index (κ1) is 21.1. The van der Waals surface area contributed by atoms with Crippen molar-refractivity contribution in [3.05, 3.63) is 44.6 Å². The molecule has 11 nitrogen and oxygen atoms in total. The second-order valence-corrected chi connectivity index (χ2v) is 8.44. The molecule has 3 aromatic heterocycles. The maximum atomic E-state index is 13.6. The maximum Gasteiger partial charge on any atom is 0.333 e. The first-order chi connectivity index (χ1) is 16.0. The van der Waals surface area contributed by atoms with E-state index in [-0.39, 0.29) is 12.7 Å². The minimum atomic E-state index is -0.426. The van der Waals surface area contributed by atoms with Gasteiger partial charge in [-0.25, -0.2) is 9.36 Å². The van der Waals surface area contributed by atoms with Crippen molar-refractivity contribution in [2.75, 3.05) is 18.0 Å². The van der Waals surface area contributed by atoms with E-state index in [4.69, 9.17) is 15.2 Å². The highest BCUT2D eigenvalue weighted by atomic mass is 16.5. The molecule has 0 aliphatic carbocycles. The summed E-state index contributed by atoms with van der Waals surface area (Å²) in [4.78, 5) is 35.5. The molecule has 0 radical (unpaired) electrons. The topological polar surface area (TPSA) is 120 Å². The van der Waals surface area contributed by atoms with E-state index in [1.54, 1.807) is 32.4 Å². The molecule has 2 N–H and O–H groups in total. The number of aryl methyl sites for hydroxylation is 1. The van der Waals surface area contributed by atoms with Crippen LogP contribution in [0.15, 0.2) is 26.5 Å². The molecule has 0 saturated carbocycles. The van der Waals surface area contributed by atoms with Gasteiger partial charge in [-0.05, 0) is 25.8 Å². The third-order valence-corrected chi connectivity index (χ3v) is 6.18. The number of fused-ring (bicyclic) bond motifs is 2. The van der Waals surface area contributed by atoms with E-state index in [9.17, 15) is 9.59 Å². The van der Waals surface area contributed by atoms with Crippen molar-refractivity contribution in [1.29, 1.82) is 0 Å². The van der Waals surface area contributed by atoms with Crippen LogP contribution in [0.1, 0.15) is 31.1 Å². The number of nitrogens with zero attached hydrogens (tertiary/aromatic N) is 7. The van der Waals surface area contributed by atoms with Crippen molar-refractivity contribution in [2.45, 2.75) is 45.6 Å². The number of hydrogen-bond donors (Lipinski definition) is 1. The van der Waals surface area contributed by atoms with E-state index < -0.39 is 11.2 Å². The van der Waals surface area contributed by atoms with Crippen LogP contribution < -0.4 is 21.9 Å². The Bertz CT molecular complexity index is 1410. The second-order valence-electron chi connectivity index (χ2n) is 8.44. The molecule has 1 atom stereocenters. The average molecular weight is 451 g/mol. The largest absolute Gasteiger partial charge is 0.357 e. The van der Waals surface area contributed by atoms with Gasteiger partial charge in [0.15, 0.2) is 16.9 Å². The Morgan fingerprint density at radius 3 is 2.94 bits per heavy atom. The fraction of sp³-hybridized carbons (Fsp3) is 0.455. The zero-order valence-corrected chi connectivity index (χ0v) is 18.7. The maximum absolute atomic E-state index is 13.6. The Hall–Kier alpha value is -3.78. The van der Waals surface area contributed by atoms with Crippen LogP contribution in [0.4, 0.5) is 5.95 Å². The highest BCUT2D eigenvalue weighted by Gasteiger charge is 2.26. The molecule has 0 amide bonds. The van der Waals surface area contributed by atoms with Gasteiger partial charge in [-0.3, -0.25) is 13.9 Å². The molecule has 2 aliphatic rings. The number of piperidine rings is 1. The van der Waals surface area contributed by atoms with Gasteiger partial charge in [0.2, 0.25) is 5.95 Å². The lowest BCUT2D eigenvalue weighted by atomic mass is 10.1.